The molecule has 0 aliphatic carbocycles. The number of carbonyl (C=O) groups is 5. The summed E-state index contributed by atoms with van der Waals surface area (Å²) in [4.78, 5) is 94.6. The molecule has 8 rings (SSSR count). The molecule has 1 fully saturated rings. The van der Waals surface area contributed by atoms with Crippen LogP contribution in [0.15, 0.2) is 70.6 Å². The molecule has 2 aromatic carbocycles. The number of anilines is 3. The van der Waals surface area contributed by atoms with Crippen LogP contribution in [0.2, 0.25) is 0 Å². The zero-order chi connectivity index (χ0) is 49.3. The average molecular weight is 947 g/mol. The molecule has 22 heteroatoms. The van der Waals surface area contributed by atoms with Gasteiger partial charge < -0.3 is 30.9 Å². The van der Waals surface area contributed by atoms with Gasteiger partial charge in [0.25, 0.3) is 22.9 Å². The van der Waals surface area contributed by atoms with E-state index < -0.39 is 59.0 Å². The van der Waals surface area contributed by atoms with Crippen molar-refractivity contribution < 1.29 is 37.9 Å². The van der Waals surface area contributed by atoms with Gasteiger partial charge in [-0.25, -0.2) is 13.8 Å². The van der Waals surface area contributed by atoms with E-state index in [-0.39, 0.29) is 88.8 Å². The Bertz CT molecular complexity index is 3200. The number of pyridine rings is 2. The third-order valence-corrected chi connectivity index (χ3v) is 11.9. The quantitative estimate of drug-likeness (QED) is 0.0543. The lowest BCUT2D eigenvalue weighted by Crippen LogP contribution is -2.54. The molecule has 69 heavy (non-hydrogen) atoms. The summed E-state index contributed by atoms with van der Waals surface area (Å²) < 4.78 is 32.7. The van der Waals surface area contributed by atoms with E-state index >= 15 is 4.39 Å². The molecule has 0 saturated carbocycles. The summed E-state index contributed by atoms with van der Waals surface area (Å²) in [7, 11) is 1.55. The molecule has 0 radical (unpaired) electrons. The minimum Gasteiger partial charge on any atom is -0.392 e. The van der Waals surface area contributed by atoms with Gasteiger partial charge in [-0.05, 0) is 72.3 Å². The number of aromatic amines is 1. The number of aliphatic hydroxyl groups is 1. The molecule has 6 aromatic rings. The van der Waals surface area contributed by atoms with Gasteiger partial charge in [-0.1, -0.05) is 20.8 Å². The summed E-state index contributed by atoms with van der Waals surface area (Å²) in [5.41, 5.74) is 0.742. The van der Waals surface area contributed by atoms with Crippen LogP contribution in [0.1, 0.15) is 84.0 Å². The molecule has 2 aliphatic heterocycles. The first kappa shape index (κ1) is 47.5. The van der Waals surface area contributed by atoms with Gasteiger partial charge >= 0.3 is 0 Å². The highest BCUT2D eigenvalue weighted by molar-refractivity contribution is 6.23. The Kier molecular flexibility index (Phi) is 13.3. The minimum absolute atomic E-state index is 0.00391. The maximum Gasteiger partial charge on any atom is 0.283 e. The summed E-state index contributed by atoms with van der Waals surface area (Å²) in [5, 5.41) is 36.1. The van der Waals surface area contributed by atoms with Gasteiger partial charge in [-0.15, -0.1) is 0 Å². The first-order chi connectivity index (χ1) is 32.9. The van der Waals surface area contributed by atoms with Gasteiger partial charge in [0.2, 0.25) is 17.7 Å². The Morgan fingerprint density at radius 3 is 2.42 bits per heavy atom. The van der Waals surface area contributed by atoms with Gasteiger partial charge in [0.1, 0.15) is 23.4 Å². The maximum atomic E-state index is 15.5. The number of nitrogens with zero attached hydrogens (tertiary/aromatic N) is 6. The number of carbonyl (C=O) groups excluding carboxylic acids is 5. The second-order valence-electron chi connectivity index (χ2n) is 17.7. The van der Waals surface area contributed by atoms with E-state index in [1.807, 2.05) is 20.8 Å². The summed E-state index contributed by atoms with van der Waals surface area (Å²) in [6.45, 7) is 6.42. The molecule has 1 saturated heterocycles. The molecule has 4 aromatic heterocycles. The van der Waals surface area contributed by atoms with Crippen LogP contribution in [0, 0.1) is 11.6 Å². The van der Waals surface area contributed by atoms with Crippen LogP contribution in [0.25, 0.3) is 27.7 Å². The summed E-state index contributed by atoms with van der Waals surface area (Å²) >= 11 is 0. The number of aromatic nitrogens is 6. The van der Waals surface area contributed by atoms with E-state index in [0.717, 1.165) is 15.6 Å². The third-order valence-electron chi connectivity index (χ3n) is 11.9. The van der Waals surface area contributed by atoms with Gasteiger partial charge in [0, 0.05) is 68.0 Å². The van der Waals surface area contributed by atoms with E-state index in [1.165, 1.54) is 29.1 Å². The second kappa shape index (κ2) is 19.3. The van der Waals surface area contributed by atoms with Gasteiger partial charge in [0.05, 0.1) is 47.2 Å². The van der Waals surface area contributed by atoms with Crippen molar-refractivity contribution in [2.45, 2.75) is 71.1 Å². The molecule has 7 N–H and O–H groups in total. The first-order valence-electron chi connectivity index (χ1n) is 22.0. The topological polar surface area (TPSA) is 267 Å². The van der Waals surface area contributed by atoms with Crippen molar-refractivity contribution in [3.63, 3.8) is 0 Å². The number of piperidine rings is 1. The number of aryl methyl sites for hydroxylation is 1. The van der Waals surface area contributed by atoms with Gasteiger partial charge in [-0.2, -0.15) is 14.9 Å². The molecule has 1 atom stereocenters. The molecule has 5 amide bonds. The lowest BCUT2D eigenvalue weighted by atomic mass is 9.86. The highest BCUT2D eigenvalue weighted by atomic mass is 19.1. The van der Waals surface area contributed by atoms with Crippen LogP contribution in [-0.4, -0.2) is 94.7 Å². The first-order valence-corrected chi connectivity index (χ1v) is 22.0. The Hall–Kier alpha value is -7.98. The van der Waals surface area contributed by atoms with E-state index in [0.29, 0.717) is 47.3 Å². The van der Waals surface area contributed by atoms with E-state index in [2.05, 4.69) is 46.9 Å². The number of nitrogens with one attached hydrogen (secondary N) is 6. The molecule has 2 aliphatic rings. The van der Waals surface area contributed by atoms with E-state index in [9.17, 15) is 43.1 Å². The van der Waals surface area contributed by atoms with Crippen LogP contribution in [0.5, 0.6) is 0 Å². The zero-order valence-electron chi connectivity index (χ0n) is 38.0. The number of rotatable bonds is 16. The summed E-state index contributed by atoms with van der Waals surface area (Å²) in [5.74, 6) is -4.22. The monoisotopic (exact) mass is 946 g/mol. The highest BCUT2D eigenvalue weighted by Crippen LogP contribution is 2.33. The van der Waals surface area contributed by atoms with Crippen molar-refractivity contribution in [3.8, 4) is 16.9 Å². The van der Waals surface area contributed by atoms with Crippen molar-refractivity contribution in [1.29, 1.82) is 0 Å². The van der Waals surface area contributed by atoms with E-state index in [1.54, 1.807) is 37.5 Å². The average Bonchev–Trinajstić information content (AvgIpc) is 3.85. The molecule has 6 heterocycles. The van der Waals surface area contributed by atoms with Gasteiger partial charge in [-0.3, -0.25) is 48.9 Å². The Balaban J connectivity index is 0.825. The maximum absolute atomic E-state index is 15.5. The third kappa shape index (κ3) is 9.74. The molecule has 0 bridgehead atoms. The van der Waals surface area contributed by atoms with E-state index in [4.69, 9.17) is 0 Å². The Morgan fingerprint density at radius 2 is 1.68 bits per heavy atom. The predicted octanol–water partition coefficient (Wildman–Crippen LogP) is 3.18. The molecular weight excluding hydrogens is 899 g/mol. The molecule has 20 nitrogen and oxygen atoms in total. The Labute approximate surface area is 391 Å². The van der Waals surface area contributed by atoms with Crippen molar-refractivity contribution in [2.24, 2.45) is 7.05 Å². The van der Waals surface area contributed by atoms with Crippen LogP contribution >= 0.6 is 0 Å². The highest BCUT2D eigenvalue weighted by Gasteiger charge is 2.45. The normalized spacial score (nSPS) is 14.9. The number of hydrogen-bond donors (Lipinski definition) is 7. The lowest BCUT2D eigenvalue weighted by Gasteiger charge is -2.27. The van der Waals surface area contributed by atoms with Crippen LogP contribution in [0.4, 0.5) is 26.0 Å². The largest absolute Gasteiger partial charge is 0.392 e. The molecule has 1 unspecified atom stereocenters. The Morgan fingerprint density at radius 1 is 0.913 bits per heavy atom. The number of hydrogen-bond acceptors (Lipinski definition) is 14. The molecule has 358 valence electrons. The van der Waals surface area contributed by atoms with Crippen LogP contribution in [0.3, 0.4) is 0 Å². The van der Waals surface area contributed by atoms with Gasteiger partial charge in [0.15, 0.2) is 11.6 Å². The van der Waals surface area contributed by atoms with Crippen molar-refractivity contribution >= 4 is 57.5 Å². The smallest absolute Gasteiger partial charge is 0.283 e. The number of fused-ring (bicyclic) bond motifs is 2. The number of aliphatic hydroxyl groups excluding tert-OH is 1. The molecular formula is C47H48F2N12O8. The SMILES string of the molecule is Cn1cc(-c2ccnc(-n3ncc4cc(C(C)(C)C)cc(F)c4c3=O)c2CO)cc(Nc2cc(CNC(=O)CCCNCCNc3cc4c(cc3F)C(=O)N(C3CCC(=O)NC3=O)C4=O)[nH]n2)c1=O. The summed E-state index contributed by atoms with van der Waals surface area (Å²) in [6.07, 6.45) is 4.98. The fourth-order valence-electron chi connectivity index (χ4n) is 8.20. The van der Waals surface area contributed by atoms with Crippen molar-refractivity contribution in [1.82, 2.24) is 50.4 Å². The zero-order valence-corrected chi connectivity index (χ0v) is 38.0. The number of amides is 5. The lowest BCUT2D eigenvalue weighted by molar-refractivity contribution is -0.136. The number of H-pyrrole nitrogens is 1. The second-order valence-corrected chi connectivity index (χ2v) is 17.7. The fraction of sp³-hybridized carbons (Fsp3) is 0.319. The van der Waals surface area contributed by atoms with Crippen molar-refractivity contribution in [2.75, 3.05) is 30.3 Å². The van der Waals surface area contributed by atoms with Crippen molar-refractivity contribution in [3.05, 3.63) is 121 Å². The fourth-order valence-corrected chi connectivity index (χ4v) is 8.20. The van der Waals surface area contributed by atoms with Crippen LogP contribution < -0.4 is 37.7 Å². The number of halogens is 2. The summed E-state index contributed by atoms with van der Waals surface area (Å²) in [6, 6.07) is 8.88. The number of imide groups is 2. The predicted molar refractivity (Wildman–Crippen MR) is 248 cm³/mol. The standard InChI is InChI=1S/C47H48F2N12O8/c1-47(2,3)26-14-24-20-54-61(46(69)40(24)33(49)16-26)41-31(23-62)28(9-11-52-41)25-15-35(45(68)59(4)22-25)55-37-17-27(57-58-37)21-53-38(63)6-5-10-50-12-13-51-34-19-30-29(18-32(34)48)43(66)60(44(30)67)36-7-8-39(64)56-42(36)65/h9,11,14-20,22,36,50-51,62H,5-8,10,12-13,21,23H2,1-4H3,(H,53,63)(H2,55,57,58)(H,56,64,65). The minimum atomic E-state index is -1.16. The van der Waals surface area contributed by atoms with Crippen LogP contribution in [-0.2, 0) is 40.0 Å². The number of benzene rings is 2. The molecule has 0 spiro atoms.